The van der Waals surface area contributed by atoms with E-state index in [0.717, 1.165) is 32.1 Å². The second kappa shape index (κ2) is 10.2. The molecular formula is C20H27FO4. The van der Waals surface area contributed by atoms with Gasteiger partial charge in [-0.3, -0.25) is 0 Å². The van der Waals surface area contributed by atoms with Gasteiger partial charge in [-0.25, -0.2) is 9.18 Å². The van der Waals surface area contributed by atoms with Crippen molar-refractivity contribution in [2.75, 3.05) is 19.8 Å². The molecule has 4 nitrogen and oxygen atoms in total. The second-order valence-corrected chi connectivity index (χ2v) is 6.11. The average molecular weight is 350 g/mol. The van der Waals surface area contributed by atoms with Gasteiger partial charge in [-0.05, 0) is 30.4 Å². The maximum absolute atomic E-state index is 14.6. The molecule has 2 aromatic rings. The Morgan fingerprint density at radius 1 is 1.04 bits per heavy atom. The van der Waals surface area contributed by atoms with Crippen molar-refractivity contribution in [3.8, 4) is 5.75 Å². The van der Waals surface area contributed by atoms with Crippen LogP contribution in [0.4, 0.5) is 4.39 Å². The van der Waals surface area contributed by atoms with E-state index in [-0.39, 0.29) is 11.1 Å². The summed E-state index contributed by atoms with van der Waals surface area (Å²) in [6, 6.07) is 4.97. The summed E-state index contributed by atoms with van der Waals surface area (Å²) in [6.45, 7) is 5.76. The summed E-state index contributed by atoms with van der Waals surface area (Å²) in [4.78, 5) is 12.2. The van der Waals surface area contributed by atoms with Gasteiger partial charge < -0.3 is 13.9 Å². The summed E-state index contributed by atoms with van der Waals surface area (Å²) >= 11 is 0. The highest BCUT2D eigenvalue weighted by Crippen LogP contribution is 2.25. The van der Waals surface area contributed by atoms with Crippen molar-refractivity contribution in [3.05, 3.63) is 40.2 Å². The van der Waals surface area contributed by atoms with E-state index in [2.05, 4.69) is 6.92 Å². The summed E-state index contributed by atoms with van der Waals surface area (Å²) in [5, 5.41) is 0.474. The van der Waals surface area contributed by atoms with Crippen LogP contribution in [0.3, 0.4) is 0 Å². The number of hydrogen-bond donors (Lipinski definition) is 0. The van der Waals surface area contributed by atoms with Gasteiger partial charge in [-0.2, -0.15) is 0 Å². The summed E-state index contributed by atoms with van der Waals surface area (Å²) in [5.41, 5.74) is -0.670. The van der Waals surface area contributed by atoms with Gasteiger partial charge in [-0.1, -0.05) is 39.2 Å². The third-order valence-corrected chi connectivity index (χ3v) is 3.98. The lowest BCUT2D eigenvalue weighted by Crippen LogP contribution is -2.08. The third-order valence-electron chi connectivity index (χ3n) is 3.98. The van der Waals surface area contributed by atoms with Crippen LogP contribution in [-0.4, -0.2) is 19.8 Å². The topological polar surface area (TPSA) is 48.7 Å². The van der Waals surface area contributed by atoms with Gasteiger partial charge in [0.2, 0.25) is 0 Å². The van der Waals surface area contributed by atoms with Gasteiger partial charge in [0.1, 0.15) is 11.1 Å². The molecule has 1 aromatic carbocycles. The van der Waals surface area contributed by atoms with Crippen LogP contribution < -0.4 is 10.4 Å². The molecule has 0 bridgehead atoms. The van der Waals surface area contributed by atoms with E-state index in [4.69, 9.17) is 13.9 Å². The fourth-order valence-corrected chi connectivity index (χ4v) is 2.64. The number of ether oxygens (including phenoxy) is 2. The summed E-state index contributed by atoms with van der Waals surface area (Å²) < 4.78 is 30.7. The summed E-state index contributed by atoms with van der Waals surface area (Å²) in [6.07, 6.45) is 5.62. The molecule has 0 aliphatic rings. The monoisotopic (exact) mass is 350 g/mol. The Hall–Kier alpha value is -1.88. The Labute approximate surface area is 147 Å². The normalized spacial score (nSPS) is 11.2. The van der Waals surface area contributed by atoms with Crippen molar-refractivity contribution in [1.29, 1.82) is 0 Å². The van der Waals surface area contributed by atoms with E-state index in [1.807, 2.05) is 6.92 Å². The minimum absolute atomic E-state index is 0.0516. The van der Waals surface area contributed by atoms with Crippen LogP contribution in [0.15, 0.2) is 27.4 Å². The fourth-order valence-electron chi connectivity index (χ4n) is 2.64. The van der Waals surface area contributed by atoms with E-state index in [1.165, 1.54) is 0 Å². The molecule has 25 heavy (non-hydrogen) atoms. The maximum atomic E-state index is 14.6. The Kier molecular flexibility index (Phi) is 7.92. The molecule has 2 rings (SSSR count). The zero-order chi connectivity index (χ0) is 18.1. The molecule has 0 N–H and O–H groups in total. The summed E-state index contributed by atoms with van der Waals surface area (Å²) in [5.74, 6) is -0.0351. The first kappa shape index (κ1) is 19.4. The number of fused-ring (bicyclic) bond motifs is 1. The molecule has 5 heteroatoms. The largest absolute Gasteiger partial charge is 0.490 e. The van der Waals surface area contributed by atoms with Crippen LogP contribution in [0.5, 0.6) is 5.75 Å². The fraction of sp³-hybridized carbons (Fsp3) is 0.550. The second-order valence-electron chi connectivity index (χ2n) is 6.11. The molecule has 0 fully saturated rings. The molecule has 138 valence electrons. The van der Waals surface area contributed by atoms with E-state index >= 15 is 0 Å². The van der Waals surface area contributed by atoms with Crippen molar-refractivity contribution in [2.24, 2.45) is 0 Å². The van der Waals surface area contributed by atoms with Gasteiger partial charge in [0, 0.05) is 13.0 Å². The third kappa shape index (κ3) is 5.56. The number of hydrogen-bond acceptors (Lipinski definition) is 4. The molecule has 1 aromatic heterocycles. The van der Waals surface area contributed by atoms with E-state index in [0.29, 0.717) is 37.4 Å². The number of rotatable bonds is 11. The zero-order valence-electron chi connectivity index (χ0n) is 15.1. The minimum Gasteiger partial charge on any atom is -0.490 e. The lowest BCUT2D eigenvalue weighted by Gasteiger charge is -2.09. The Morgan fingerprint density at radius 3 is 2.64 bits per heavy atom. The smallest absolute Gasteiger partial charge is 0.346 e. The van der Waals surface area contributed by atoms with Gasteiger partial charge in [0.05, 0.1) is 13.2 Å². The SMILES string of the molecule is CCCCCCOc1ccc2cc(CCOCCC)oc(=O)c2c1F. The lowest BCUT2D eigenvalue weighted by atomic mass is 10.1. The molecule has 0 aliphatic heterocycles. The first-order chi connectivity index (χ1) is 12.2. The Balaban J connectivity index is 2.09. The van der Waals surface area contributed by atoms with Crippen molar-refractivity contribution in [3.63, 3.8) is 0 Å². The van der Waals surface area contributed by atoms with E-state index < -0.39 is 11.4 Å². The first-order valence-electron chi connectivity index (χ1n) is 9.13. The van der Waals surface area contributed by atoms with Crippen LogP contribution in [0.25, 0.3) is 10.8 Å². The number of unbranched alkanes of at least 4 members (excludes halogenated alkanes) is 3. The Bertz CT molecular complexity index is 723. The van der Waals surface area contributed by atoms with Crippen molar-refractivity contribution < 1.29 is 18.3 Å². The van der Waals surface area contributed by atoms with Crippen LogP contribution in [0.2, 0.25) is 0 Å². The number of halogens is 1. The van der Waals surface area contributed by atoms with Crippen LogP contribution in [0.1, 0.15) is 51.7 Å². The molecule has 0 saturated carbocycles. The molecule has 0 radical (unpaired) electrons. The quantitative estimate of drug-likeness (QED) is 0.543. The highest BCUT2D eigenvalue weighted by Gasteiger charge is 2.14. The van der Waals surface area contributed by atoms with Gasteiger partial charge >= 0.3 is 5.63 Å². The molecule has 0 unspecified atom stereocenters. The molecule has 0 aliphatic carbocycles. The lowest BCUT2D eigenvalue weighted by molar-refractivity contribution is 0.133. The van der Waals surface area contributed by atoms with E-state index in [1.54, 1.807) is 18.2 Å². The van der Waals surface area contributed by atoms with Crippen molar-refractivity contribution >= 4 is 10.8 Å². The Morgan fingerprint density at radius 2 is 1.88 bits per heavy atom. The molecule has 0 spiro atoms. The predicted molar refractivity (Wildman–Crippen MR) is 96.9 cm³/mol. The molecule has 1 heterocycles. The van der Waals surface area contributed by atoms with Crippen molar-refractivity contribution in [2.45, 2.75) is 52.4 Å². The zero-order valence-corrected chi connectivity index (χ0v) is 15.1. The van der Waals surface area contributed by atoms with Crippen LogP contribution in [0, 0.1) is 5.82 Å². The highest BCUT2D eigenvalue weighted by molar-refractivity contribution is 5.83. The summed E-state index contributed by atoms with van der Waals surface area (Å²) in [7, 11) is 0. The molecule has 0 amide bonds. The van der Waals surface area contributed by atoms with Crippen LogP contribution >= 0.6 is 0 Å². The van der Waals surface area contributed by atoms with E-state index in [9.17, 15) is 9.18 Å². The standard InChI is InChI=1S/C20H27FO4/c1-3-5-6-7-12-24-17-9-8-15-14-16(10-13-23-11-4-2)25-20(22)18(15)19(17)21/h8-9,14H,3-7,10-13H2,1-2H3. The van der Waals surface area contributed by atoms with Crippen LogP contribution in [-0.2, 0) is 11.2 Å². The maximum Gasteiger partial charge on any atom is 0.346 e. The minimum atomic E-state index is -0.670. The highest BCUT2D eigenvalue weighted by atomic mass is 19.1. The first-order valence-corrected chi connectivity index (χ1v) is 9.13. The predicted octanol–water partition coefficient (Wildman–Crippen LogP) is 4.86. The average Bonchev–Trinajstić information content (AvgIpc) is 2.60. The number of benzene rings is 1. The molecule has 0 saturated heterocycles. The molecule has 0 atom stereocenters. The van der Waals surface area contributed by atoms with Gasteiger partial charge in [0.15, 0.2) is 11.6 Å². The van der Waals surface area contributed by atoms with Gasteiger partial charge in [-0.15, -0.1) is 0 Å². The molecular weight excluding hydrogens is 323 g/mol. The van der Waals surface area contributed by atoms with Crippen molar-refractivity contribution in [1.82, 2.24) is 0 Å². The van der Waals surface area contributed by atoms with Gasteiger partial charge in [0.25, 0.3) is 0 Å².